The van der Waals surface area contributed by atoms with Gasteiger partial charge in [-0.15, -0.1) is 0 Å². The number of hydrogen-bond acceptors (Lipinski definition) is 3. The van der Waals surface area contributed by atoms with Crippen LogP contribution in [0.2, 0.25) is 0 Å². The Hall–Kier alpha value is -2.66. The molecule has 2 rings (SSSR count). The molecule has 0 saturated carbocycles. The second kappa shape index (κ2) is 7.56. The first-order valence-electron chi connectivity index (χ1n) is 7.20. The summed E-state index contributed by atoms with van der Waals surface area (Å²) < 4.78 is 8.79. The third-order valence-electron chi connectivity index (χ3n) is 3.56. The number of anilines is 1. The number of amides is 1. The van der Waals surface area contributed by atoms with E-state index in [0.29, 0.717) is 23.4 Å². The van der Waals surface area contributed by atoms with Crippen LogP contribution < -0.4 is 5.32 Å². The second-order valence-corrected chi connectivity index (χ2v) is 5.09. The van der Waals surface area contributed by atoms with Crippen molar-refractivity contribution in [2.24, 2.45) is 0 Å². The van der Waals surface area contributed by atoms with Gasteiger partial charge in [0.2, 0.25) is 0 Å². The average Bonchev–Trinajstić information content (AvgIpc) is 2.56. The van der Waals surface area contributed by atoms with Crippen molar-refractivity contribution in [3.8, 4) is 0 Å². The number of aliphatic hydroxyl groups is 2. The highest BCUT2D eigenvalue weighted by atomic mass is 16.5. The molecule has 5 heteroatoms. The molecule has 1 amide bonds. The molecule has 120 valence electrons. The lowest BCUT2D eigenvalue weighted by atomic mass is 10.0. The number of nitrogens with one attached hydrogen (secondary N) is 1. The summed E-state index contributed by atoms with van der Waals surface area (Å²) in [6.45, 7) is 2.48. The van der Waals surface area contributed by atoms with E-state index in [9.17, 15) is 9.59 Å². The first-order valence-corrected chi connectivity index (χ1v) is 7.20. The van der Waals surface area contributed by atoms with Crippen LogP contribution >= 0.6 is 0 Å². The Balaban J connectivity index is 2.23. The fraction of sp³-hybridized carbons (Fsp3) is 0.222. The van der Waals surface area contributed by atoms with Gasteiger partial charge in [0, 0.05) is 16.8 Å². The lowest BCUT2D eigenvalue weighted by Crippen LogP contribution is -2.15. The number of hydrogen-bond donors (Lipinski definition) is 1. The molecule has 0 saturated heterocycles. The molecule has 2 aromatic rings. The van der Waals surface area contributed by atoms with Gasteiger partial charge in [-0.05, 0) is 36.8 Å². The third-order valence-corrected chi connectivity index (χ3v) is 3.56. The molecular weight excluding hydrogens is 294 g/mol. The normalized spacial score (nSPS) is 10.2. The Bertz CT molecular complexity index is 725. The van der Waals surface area contributed by atoms with E-state index < -0.39 is 5.97 Å². The Kier molecular flexibility index (Phi) is 5.49. The Morgan fingerprint density at radius 3 is 2.61 bits per heavy atom. The first-order chi connectivity index (χ1) is 11.1. The van der Waals surface area contributed by atoms with Crippen LogP contribution in [0.4, 0.5) is 5.69 Å². The standard InChI is InChI=1S/C18H19NO4/c1-12-14(11-22-2)7-5-9-16(12)17(20)19-15-8-4-6-13(10-15)18(21)23-3/h4-10H,11H2,1-3H3,(H,19,20)/p+1. The van der Waals surface area contributed by atoms with Gasteiger partial charge in [0.25, 0.3) is 5.91 Å². The lowest BCUT2D eigenvalue weighted by molar-refractivity contribution is -0.00114. The van der Waals surface area contributed by atoms with Crippen molar-refractivity contribution in [2.45, 2.75) is 13.5 Å². The Morgan fingerprint density at radius 1 is 1.17 bits per heavy atom. The maximum atomic E-state index is 12.5. The van der Waals surface area contributed by atoms with Gasteiger partial charge in [-0.3, -0.25) is 4.79 Å². The molecule has 0 atom stereocenters. The highest BCUT2D eigenvalue weighted by Crippen LogP contribution is 2.17. The Labute approximate surface area is 135 Å². The largest absolute Gasteiger partial charge is 0.465 e. The number of ether oxygens (including phenoxy) is 2. The van der Waals surface area contributed by atoms with Crippen molar-refractivity contribution in [1.29, 1.82) is 0 Å². The van der Waals surface area contributed by atoms with E-state index in [4.69, 9.17) is 0 Å². The van der Waals surface area contributed by atoms with Crippen LogP contribution in [-0.2, 0) is 11.3 Å². The number of methoxy groups -OCH3 is 1. The van der Waals surface area contributed by atoms with Gasteiger partial charge in [0.05, 0.1) is 12.7 Å². The Morgan fingerprint density at radius 2 is 1.91 bits per heavy atom. The van der Waals surface area contributed by atoms with Gasteiger partial charge < -0.3 is 14.8 Å². The van der Waals surface area contributed by atoms with Crippen molar-refractivity contribution in [2.75, 3.05) is 19.5 Å². The van der Waals surface area contributed by atoms with Gasteiger partial charge in [0.15, 0.2) is 6.61 Å². The summed E-state index contributed by atoms with van der Waals surface area (Å²) in [5.41, 5.74) is 3.45. The molecule has 0 fully saturated rings. The topological polar surface area (TPSA) is 68.2 Å². The van der Waals surface area contributed by atoms with E-state index in [1.54, 1.807) is 37.4 Å². The fourth-order valence-corrected chi connectivity index (χ4v) is 2.31. The summed E-state index contributed by atoms with van der Waals surface area (Å²) in [4.78, 5) is 24.0. The molecule has 0 radical (unpaired) electrons. The first kappa shape index (κ1) is 16.7. The minimum absolute atomic E-state index is 0.220. The van der Waals surface area contributed by atoms with Crippen LogP contribution in [0.25, 0.3) is 0 Å². The van der Waals surface area contributed by atoms with E-state index in [1.165, 1.54) is 7.11 Å². The average molecular weight is 314 g/mol. The summed E-state index contributed by atoms with van der Waals surface area (Å²) >= 11 is 0. The van der Waals surface area contributed by atoms with Crippen LogP contribution in [0.15, 0.2) is 42.5 Å². The fourth-order valence-electron chi connectivity index (χ4n) is 2.31. The summed E-state index contributed by atoms with van der Waals surface area (Å²) in [7, 11) is 3.06. The molecule has 23 heavy (non-hydrogen) atoms. The molecule has 0 aliphatic heterocycles. The quantitative estimate of drug-likeness (QED) is 0.681. The number of benzene rings is 2. The van der Waals surface area contributed by atoms with Crippen molar-refractivity contribution in [1.82, 2.24) is 0 Å². The number of rotatable bonds is 5. The molecule has 2 N–H and O–H groups in total. The predicted octanol–water partition coefficient (Wildman–Crippen LogP) is 2.69. The summed E-state index contributed by atoms with van der Waals surface area (Å²) in [6, 6.07) is 12.2. The zero-order chi connectivity index (χ0) is 16.8. The molecule has 0 heterocycles. The minimum Gasteiger partial charge on any atom is -0.465 e. The SMILES string of the molecule is COC(=O)c1cccc(NC(=O)c2cccc(C[OH+]C)c2C)c1. The van der Waals surface area contributed by atoms with E-state index in [2.05, 4.69) is 14.8 Å². The highest BCUT2D eigenvalue weighted by molar-refractivity contribution is 6.06. The van der Waals surface area contributed by atoms with Gasteiger partial charge in [-0.25, -0.2) is 4.79 Å². The molecule has 0 spiro atoms. The maximum Gasteiger partial charge on any atom is 0.337 e. The second-order valence-electron chi connectivity index (χ2n) is 5.09. The number of carbonyl (C=O) groups excluding carboxylic acids is 2. The van der Waals surface area contributed by atoms with Gasteiger partial charge in [0.1, 0.15) is 7.11 Å². The maximum absolute atomic E-state index is 12.5. The molecule has 5 nitrogen and oxygen atoms in total. The van der Waals surface area contributed by atoms with Gasteiger partial charge in [-0.2, -0.15) is 0 Å². The van der Waals surface area contributed by atoms with Crippen molar-refractivity contribution in [3.05, 3.63) is 64.7 Å². The molecular formula is C18H20NO4+. The number of esters is 1. The van der Waals surface area contributed by atoms with Crippen LogP contribution in [0.3, 0.4) is 0 Å². The van der Waals surface area contributed by atoms with Crippen molar-refractivity contribution < 1.29 is 19.1 Å². The predicted molar refractivity (Wildman–Crippen MR) is 88.8 cm³/mol. The molecule has 0 aliphatic rings. The zero-order valence-corrected chi connectivity index (χ0v) is 13.4. The molecule has 0 aromatic heterocycles. The van der Waals surface area contributed by atoms with Crippen LogP contribution in [0, 0.1) is 6.92 Å². The van der Waals surface area contributed by atoms with Crippen LogP contribution in [0.5, 0.6) is 0 Å². The lowest BCUT2D eigenvalue weighted by Gasteiger charge is -2.11. The van der Waals surface area contributed by atoms with Crippen LogP contribution in [0.1, 0.15) is 31.8 Å². The van der Waals surface area contributed by atoms with Crippen molar-refractivity contribution >= 4 is 17.6 Å². The molecule has 2 aromatic carbocycles. The van der Waals surface area contributed by atoms with E-state index in [0.717, 1.165) is 11.1 Å². The smallest absolute Gasteiger partial charge is 0.337 e. The summed E-state index contributed by atoms with van der Waals surface area (Å²) in [5, 5.41) is 2.81. The van der Waals surface area contributed by atoms with E-state index >= 15 is 0 Å². The molecule has 0 aliphatic carbocycles. The van der Waals surface area contributed by atoms with E-state index in [1.807, 2.05) is 19.1 Å². The monoisotopic (exact) mass is 314 g/mol. The third kappa shape index (κ3) is 3.96. The zero-order valence-electron chi connectivity index (χ0n) is 13.4. The van der Waals surface area contributed by atoms with Crippen molar-refractivity contribution in [3.63, 3.8) is 0 Å². The highest BCUT2D eigenvalue weighted by Gasteiger charge is 2.14. The van der Waals surface area contributed by atoms with Gasteiger partial charge >= 0.3 is 5.97 Å². The number of carbonyl (C=O) groups is 2. The van der Waals surface area contributed by atoms with E-state index in [-0.39, 0.29) is 5.91 Å². The minimum atomic E-state index is -0.441. The van der Waals surface area contributed by atoms with Gasteiger partial charge in [-0.1, -0.05) is 18.2 Å². The molecule has 0 unspecified atom stereocenters. The summed E-state index contributed by atoms with van der Waals surface area (Å²) in [6.07, 6.45) is 0. The van der Waals surface area contributed by atoms with Crippen LogP contribution in [-0.4, -0.2) is 30.8 Å². The molecule has 0 bridgehead atoms. The summed E-state index contributed by atoms with van der Waals surface area (Å²) in [5.74, 6) is -0.661.